The van der Waals surface area contributed by atoms with E-state index in [-0.39, 0.29) is 21.5 Å². The minimum Gasteiger partial charge on any atom is -0.744 e. The van der Waals surface area contributed by atoms with Crippen LogP contribution in [0.1, 0.15) is 49.3 Å². The van der Waals surface area contributed by atoms with Crippen molar-refractivity contribution in [2.75, 3.05) is 0 Å². The number of halogens is 3. The van der Waals surface area contributed by atoms with Gasteiger partial charge in [-0.15, -0.1) is 0 Å². The number of hydrogen-bond donors (Lipinski definition) is 0. The minimum absolute atomic E-state index is 0.0941. The second kappa shape index (κ2) is 9.91. The third-order valence-corrected chi connectivity index (χ3v) is 13.2. The molecule has 0 bridgehead atoms. The fourth-order valence-corrected chi connectivity index (χ4v) is 10.6. The Labute approximate surface area is 240 Å². The van der Waals surface area contributed by atoms with Crippen LogP contribution in [0.2, 0.25) is 0 Å². The van der Waals surface area contributed by atoms with Gasteiger partial charge in [0.15, 0.2) is 0 Å². The van der Waals surface area contributed by atoms with E-state index in [1.807, 2.05) is 83.3 Å². The van der Waals surface area contributed by atoms with Crippen LogP contribution in [-0.2, 0) is 33.1 Å². The standard InChI is InChI=1S/C23H21I3O6S2/c1-12(2)17-11-18(33(27,28)29)13-7-3-6-10-16(13)22(17)32-34(30,31)23-20(25)15-9-5-4-8-14(15)19(24)21(23)26/h4-5,8-9,11-12H,3,6-7,10H2,1-2H3,(H,27,28,29)/p-1. The molecule has 1 aliphatic carbocycles. The summed E-state index contributed by atoms with van der Waals surface area (Å²) in [6, 6.07) is 8.91. The van der Waals surface area contributed by atoms with Crippen LogP contribution in [-0.4, -0.2) is 21.4 Å². The number of fused-ring (bicyclic) bond motifs is 2. The van der Waals surface area contributed by atoms with E-state index >= 15 is 0 Å². The van der Waals surface area contributed by atoms with Crippen molar-refractivity contribution >= 4 is 98.8 Å². The molecular weight excluding hydrogens is 817 g/mol. The van der Waals surface area contributed by atoms with Crippen LogP contribution < -0.4 is 4.18 Å². The van der Waals surface area contributed by atoms with E-state index in [2.05, 4.69) is 22.6 Å². The van der Waals surface area contributed by atoms with Gasteiger partial charge in [-0.25, -0.2) is 8.42 Å². The van der Waals surface area contributed by atoms with E-state index in [0.717, 1.165) is 27.2 Å². The summed E-state index contributed by atoms with van der Waals surface area (Å²) >= 11 is 6.23. The number of hydrogen-bond acceptors (Lipinski definition) is 6. The van der Waals surface area contributed by atoms with Crippen LogP contribution in [0, 0.1) is 10.7 Å². The first-order valence-corrected chi connectivity index (χ1v) is 16.5. The van der Waals surface area contributed by atoms with Crippen molar-refractivity contribution in [3.05, 3.63) is 57.7 Å². The quantitative estimate of drug-likeness (QED) is 0.129. The average Bonchev–Trinajstić information content (AvgIpc) is 2.76. The Bertz CT molecular complexity index is 1530. The Morgan fingerprint density at radius 2 is 1.44 bits per heavy atom. The van der Waals surface area contributed by atoms with E-state index in [0.29, 0.717) is 36.7 Å². The van der Waals surface area contributed by atoms with Crippen LogP contribution in [0.15, 0.2) is 40.1 Å². The Hall–Kier alpha value is -0.230. The molecule has 1 aliphatic rings. The molecule has 0 saturated heterocycles. The van der Waals surface area contributed by atoms with Crippen LogP contribution in [0.4, 0.5) is 0 Å². The first-order chi connectivity index (χ1) is 15.8. The molecule has 0 spiro atoms. The second-order valence-electron chi connectivity index (χ2n) is 8.42. The lowest BCUT2D eigenvalue weighted by atomic mass is 9.87. The lowest BCUT2D eigenvalue weighted by Gasteiger charge is -2.27. The maximum absolute atomic E-state index is 13.8. The Morgan fingerprint density at radius 3 is 2.00 bits per heavy atom. The van der Waals surface area contributed by atoms with Gasteiger partial charge in [-0.05, 0) is 122 Å². The molecule has 0 atom stereocenters. The zero-order chi connectivity index (χ0) is 25.0. The molecule has 0 saturated carbocycles. The lowest BCUT2D eigenvalue weighted by molar-refractivity contribution is 0.458. The van der Waals surface area contributed by atoms with Gasteiger partial charge in [0.1, 0.15) is 20.8 Å². The van der Waals surface area contributed by atoms with Gasteiger partial charge >= 0.3 is 10.1 Å². The highest BCUT2D eigenvalue weighted by atomic mass is 127. The third-order valence-electron chi connectivity index (χ3n) is 5.91. The van der Waals surface area contributed by atoms with Crippen LogP contribution in [0.5, 0.6) is 5.75 Å². The van der Waals surface area contributed by atoms with Crippen LogP contribution >= 0.6 is 67.8 Å². The highest BCUT2D eigenvalue weighted by molar-refractivity contribution is 14.1. The molecule has 34 heavy (non-hydrogen) atoms. The summed E-state index contributed by atoms with van der Waals surface area (Å²) in [7, 11) is -8.99. The van der Waals surface area contributed by atoms with Crippen LogP contribution in [0.25, 0.3) is 10.8 Å². The molecule has 11 heteroatoms. The van der Waals surface area contributed by atoms with Gasteiger partial charge < -0.3 is 8.74 Å². The summed E-state index contributed by atoms with van der Waals surface area (Å²) in [5, 5.41) is 1.77. The monoisotopic (exact) mass is 837 g/mol. The Morgan fingerprint density at radius 1 is 0.882 bits per heavy atom. The minimum atomic E-state index is -4.71. The van der Waals surface area contributed by atoms with Crippen molar-refractivity contribution in [1.82, 2.24) is 0 Å². The molecule has 0 radical (unpaired) electrons. The highest BCUT2D eigenvalue weighted by Crippen LogP contribution is 2.43. The van der Waals surface area contributed by atoms with E-state index in [9.17, 15) is 21.4 Å². The lowest BCUT2D eigenvalue weighted by Crippen LogP contribution is -2.20. The van der Waals surface area contributed by atoms with E-state index in [4.69, 9.17) is 4.18 Å². The van der Waals surface area contributed by atoms with Crippen molar-refractivity contribution in [2.45, 2.75) is 55.2 Å². The zero-order valence-corrected chi connectivity index (χ0v) is 26.3. The van der Waals surface area contributed by atoms with Crippen molar-refractivity contribution in [3.63, 3.8) is 0 Å². The Balaban J connectivity index is 1.98. The van der Waals surface area contributed by atoms with Gasteiger partial charge in [-0.1, -0.05) is 38.1 Å². The molecule has 4 rings (SSSR count). The molecule has 3 aromatic carbocycles. The normalized spacial score (nSPS) is 14.4. The third kappa shape index (κ3) is 4.85. The largest absolute Gasteiger partial charge is 0.744 e. The van der Waals surface area contributed by atoms with Crippen molar-refractivity contribution in [1.29, 1.82) is 0 Å². The summed E-state index contributed by atoms with van der Waals surface area (Å²) < 4.78 is 71.5. The fraction of sp³-hybridized carbons (Fsp3) is 0.304. The summed E-state index contributed by atoms with van der Waals surface area (Å²) in [5.41, 5.74) is 1.29. The van der Waals surface area contributed by atoms with E-state index in [1.54, 1.807) is 0 Å². The molecule has 6 nitrogen and oxygen atoms in total. The predicted octanol–water partition coefficient (Wildman–Crippen LogP) is 6.33. The van der Waals surface area contributed by atoms with Crippen molar-refractivity contribution < 1.29 is 25.6 Å². The molecule has 0 aromatic heterocycles. The smallest absolute Gasteiger partial charge is 0.341 e. The van der Waals surface area contributed by atoms with Gasteiger partial charge in [-0.2, -0.15) is 8.42 Å². The van der Waals surface area contributed by atoms with Gasteiger partial charge in [0.25, 0.3) is 0 Å². The van der Waals surface area contributed by atoms with Gasteiger partial charge in [-0.3, -0.25) is 0 Å². The first kappa shape index (κ1) is 26.8. The van der Waals surface area contributed by atoms with Crippen LogP contribution in [0.3, 0.4) is 0 Å². The van der Waals surface area contributed by atoms with Gasteiger partial charge in [0.2, 0.25) is 0 Å². The van der Waals surface area contributed by atoms with Gasteiger partial charge in [0, 0.05) is 18.3 Å². The average molecular weight is 837 g/mol. The van der Waals surface area contributed by atoms with E-state index in [1.165, 1.54) is 6.07 Å². The molecule has 0 unspecified atom stereocenters. The summed E-state index contributed by atoms with van der Waals surface area (Å²) in [6.45, 7) is 3.63. The molecule has 0 amide bonds. The Kier molecular flexibility index (Phi) is 7.82. The maximum atomic E-state index is 13.8. The topological polar surface area (TPSA) is 101 Å². The SMILES string of the molecule is CC(C)c1cc(S(=O)(=O)[O-])c2c(c1OS(=O)(=O)c1c(I)c(I)c3ccccc3c1I)CCCC2. The summed E-state index contributed by atoms with van der Waals surface area (Å²) in [6.07, 6.45) is 2.32. The van der Waals surface area contributed by atoms with Gasteiger partial charge in [0.05, 0.1) is 8.47 Å². The van der Waals surface area contributed by atoms with Crippen molar-refractivity contribution in [2.24, 2.45) is 0 Å². The molecule has 182 valence electrons. The summed E-state index contributed by atoms with van der Waals surface area (Å²) in [5.74, 6) is -0.0975. The number of benzene rings is 3. The maximum Gasteiger partial charge on any atom is 0.341 e. The number of rotatable bonds is 5. The molecular formula is C23H20I3O6S2-. The molecule has 3 aromatic rings. The first-order valence-electron chi connectivity index (χ1n) is 10.5. The highest BCUT2D eigenvalue weighted by Gasteiger charge is 2.32. The predicted molar refractivity (Wildman–Crippen MR) is 155 cm³/mol. The zero-order valence-electron chi connectivity index (χ0n) is 18.2. The molecule has 0 aliphatic heterocycles. The molecule has 0 fully saturated rings. The molecule has 0 heterocycles. The summed E-state index contributed by atoms with van der Waals surface area (Å²) in [4.78, 5) is -0.170. The second-order valence-corrected chi connectivity index (χ2v) is 14.5. The fourth-order valence-electron chi connectivity index (χ4n) is 4.32. The van der Waals surface area contributed by atoms with E-state index < -0.39 is 20.2 Å². The van der Waals surface area contributed by atoms with Crippen molar-refractivity contribution in [3.8, 4) is 5.75 Å². The molecule has 0 N–H and O–H groups in total.